The number of piperazine rings is 1. The van der Waals surface area contributed by atoms with Gasteiger partial charge in [-0.15, -0.1) is 0 Å². The lowest BCUT2D eigenvalue weighted by Gasteiger charge is -2.42. The van der Waals surface area contributed by atoms with Gasteiger partial charge in [-0.05, 0) is 39.0 Å². The quantitative estimate of drug-likeness (QED) is 0.712. The molecule has 2 saturated heterocycles. The summed E-state index contributed by atoms with van der Waals surface area (Å²) in [6.45, 7) is 14.8. The molecule has 0 amide bonds. The Labute approximate surface area is 100 Å². The number of likely N-dealkylation sites (N-methyl/N-ethyl adjacent to an activating group) is 1. The summed E-state index contributed by atoms with van der Waals surface area (Å²) in [6, 6.07) is 0.877. The van der Waals surface area contributed by atoms with Crippen LogP contribution in [0.1, 0.15) is 26.7 Å². The minimum atomic E-state index is 0.877. The lowest BCUT2D eigenvalue weighted by Crippen LogP contribution is -2.53. The van der Waals surface area contributed by atoms with Crippen molar-refractivity contribution in [1.82, 2.24) is 14.7 Å². The second kappa shape index (κ2) is 5.99. The molecule has 0 aromatic heterocycles. The third-order valence-electron chi connectivity index (χ3n) is 4.37. The van der Waals surface area contributed by atoms with Gasteiger partial charge in [0, 0.05) is 32.2 Å². The predicted molar refractivity (Wildman–Crippen MR) is 68.8 cm³/mol. The van der Waals surface area contributed by atoms with Crippen molar-refractivity contribution in [2.75, 3.05) is 52.4 Å². The van der Waals surface area contributed by atoms with E-state index in [-0.39, 0.29) is 0 Å². The van der Waals surface area contributed by atoms with Crippen LogP contribution in [0.2, 0.25) is 0 Å². The molecule has 16 heavy (non-hydrogen) atoms. The molecule has 0 saturated carbocycles. The highest BCUT2D eigenvalue weighted by atomic mass is 15.3. The van der Waals surface area contributed by atoms with Crippen molar-refractivity contribution in [3.8, 4) is 0 Å². The topological polar surface area (TPSA) is 9.72 Å². The Balaban J connectivity index is 1.73. The van der Waals surface area contributed by atoms with Gasteiger partial charge in [-0.1, -0.05) is 13.8 Å². The van der Waals surface area contributed by atoms with E-state index in [1.54, 1.807) is 0 Å². The first-order chi connectivity index (χ1) is 7.83. The van der Waals surface area contributed by atoms with E-state index < -0.39 is 0 Å². The Morgan fingerprint density at radius 1 is 0.750 bits per heavy atom. The smallest absolute Gasteiger partial charge is 0.0121 e. The largest absolute Gasteiger partial charge is 0.303 e. The van der Waals surface area contributed by atoms with Gasteiger partial charge in [-0.2, -0.15) is 0 Å². The summed E-state index contributed by atoms with van der Waals surface area (Å²) in [5, 5.41) is 0. The van der Waals surface area contributed by atoms with Crippen molar-refractivity contribution in [2.24, 2.45) is 0 Å². The molecule has 0 aliphatic carbocycles. The van der Waals surface area contributed by atoms with E-state index in [0.29, 0.717) is 0 Å². The number of rotatable bonds is 3. The molecular weight excluding hydrogens is 198 g/mol. The monoisotopic (exact) mass is 225 g/mol. The van der Waals surface area contributed by atoms with E-state index in [4.69, 9.17) is 0 Å². The normalized spacial score (nSPS) is 27.4. The van der Waals surface area contributed by atoms with Crippen molar-refractivity contribution >= 4 is 0 Å². The van der Waals surface area contributed by atoms with Crippen LogP contribution >= 0.6 is 0 Å². The Morgan fingerprint density at radius 3 is 1.75 bits per heavy atom. The lowest BCUT2D eigenvalue weighted by molar-refractivity contribution is 0.0624. The molecule has 3 nitrogen and oxygen atoms in total. The van der Waals surface area contributed by atoms with Gasteiger partial charge < -0.3 is 9.80 Å². The van der Waals surface area contributed by atoms with Crippen molar-refractivity contribution in [3.05, 3.63) is 0 Å². The molecule has 0 aromatic carbocycles. The molecule has 3 heteroatoms. The minimum Gasteiger partial charge on any atom is -0.303 e. The molecule has 2 heterocycles. The second-order valence-corrected chi connectivity index (χ2v) is 5.14. The van der Waals surface area contributed by atoms with Crippen molar-refractivity contribution in [3.63, 3.8) is 0 Å². The van der Waals surface area contributed by atoms with Gasteiger partial charge >= 0.3 is 0 Å². The first-order valence-electron chi connectivity index (χ1n) is 7.02. The third kappa shape index (κ3) is 2.96. The predicted octanol–water partition coefficient (Wildman–Crippen LogP) is 1.11. The number of hydrogen-bond acceptors (Lipinski definition) is 3. The van der Waals surface area contributed by atoms with E-state index in [9.17, 15) is 0 Å². The van der Waals surface area contributed by atoms with Crippen molar-refractivity contribution < 1.29 is 0 Å². The number of hydrogen-bond donors (Lipinski definition) is 0. The van der Waals surface area contributed by atoms with Crippen LogP contribution in [-0.4, -0.2) is 73.1 Å². The van der Waals surface area contributed by atoms with E-state index in [1.807, 2.05) is 0 Å². The average molecular weight is 225 g/mol. The summed E-state index contributed by atoms with van der Waals surface area (Å²) >= 11 is 0. The summed E-state index contributed by atoms with van der Waals surface area (Å²) in [5.74, 6) is 0. The highest BCUT2D eigenvalue weighted by molar-refractivity contribution is 4.82. The molecule has 0 radical (unpaired) electrons. The molecule has 0 atom stereocenters. The molecule has 94 valence electrons. The molecule has 0 aromatic rings. The average Bonchev–Trinajstić information content (AvgIpc) is 2.39. The first kappa shape index (κ1) is 12.3. The van der Waals surface area contributed by atoms with Crippen LogP contribution < -0.4 is 0 Å². The zero-order valence-corrected chi connectivity index (χ0v) is 11.0. The fourth-order valence-electron chi connectivity index (χ4n) is 3.05. The molecule has 2 aliphatic rings. The molecule has 0 unspecified atom stereocenters. The van der Waals surface area contributed by atoms with E-state index in [0.717, 1.165) is 6.04 Å². The maximum atomic E-state index is 2.74. The number of piperidine rings is 1. The molecular formula is C13H27N3. The Hall–Kier alpha value is -0.120. The second-order valence-electron chi connectivity index (χ2n) is 5.14. The van der Waals surface area contributed by atoms with Crippen LogP contribution in [-0.2, 0) is 0 Å². The van der Waals surface area contributed by atoms with Gasteiger partial charge in [0.05, 0.1) is 0 Å². The zero-order chi connectivity index (χ0) is 11.4. The minimum absolute atomic E-state index is 0.877. The number of likely N-dealkylation sites (tertiary alicyclic amines) is 1. The summed E-state index contributed by atoms with van der Waals surface area (Å²) < 4.78 is 0. The fraction of sp³-hybridized carbons (Fsp3) is 1.00. The highest BCUT2D eigenvalue weighted by Crippen LogP contribution is 2.17. The van der Waals surface area contributed by atoms with Gasteiger partial charge in [0.15, 0.2) is 0 Å². The van der Waals surface area contributed by atoms with Gasteiger partial charge in [-0.25, -0.2) is 0 Å². The first-order valence-corrected chi connectivity index (χ1v) is 7.02. The summed E-state index contributed by atoms with van der Waals surface area (Å²) in [4.78, 5) is 7.88. The van der Waals surface area contributed by atoms with E-state index in [1.165, 1.54) is 65.2 Å². The van der Waals surface area contributed by atoms with E-state index in [2.05, 4.69) is 28.5 Å². The van der Waals surface area contributed by atoms with Crippen molar-refractivity contribution in [1.29, 1.82) is 0 Å². The van der Waals surface area contributed by atoms with Crippen molar-refractivity contribution in [2.45, 2.75) is 32.7 Å². The fourth-order valence-corrected chi connectivity index (χ4v) is 3.05. The molecule has 2 fully saturated rings. The summed E-state index contributed by atoms with van der Waals surface area (Å²) in [6.07, 6.45) is 2.78. The van der Waals surface area contributed by atoms with Gasteiger partial charge in [-0.3, -0.25) is 4.90 Å². The maximum absolute atomic E-state index is 2.74. The van der Waals surface area contributed by atoms with E-state index >= 15 is 0 Å². The summed E-state index contributed by atoms with van der Waals surface area (Å²) in [7, 11) is 0. The van der Waals surface area contributed by atoms with Crippen LogP contribution in [0.5, 0.6) is 0 Å². The van der Waals surface area contributed by atoms with Gasteiger partial charge in [0.25, 0.3) is 0 Å². The standard InChI is InChI=1S/C13H27N3/c1-3-14-7-5-13(6-8-14)16-11-9-15(4-2)10-12-16/h13H,3-12H2,1-2H3. The Bertz CT molecular complexity index is 169. The van der Waals surface area contributed by atoms with Gasteiger partial charge in [0.2, 0.25) is 0 Å². The Morgan fingerprint density at radius 2 is 1.25 bits per heavy atom. The van der Waals surface area contributed by atoms with Crippen LogP contribution in [0.15, 0.2) is 0 Å². The molecule has 0 N–H and O–H groups in total. The SMILES string of the molecule is CCN1CCC(N2CCN(CC)CC2)CC1. The van der Waals surface area contributed by atoms with Crippen LogP contribution in [0.4, 0.5) is 0 Å². The molecule has 2 rings (SSSR count). The molecule has 2 aliphatic heterocycles. The zero-order valence-electron chi connectivity index (χ0n) is 11.0. The van der Waals surface area contributed by atoms with Gasteiger partial charge in [0.1, 0.15) is 0 Å². The number of nitrogens with zero attached hydrogens (tertiary/aromatic N) is 3. The maximum Gasteiger partial charge on any atom is 0.0121 e. The van der Waals surface area contributed by atoms with Crippen LogP contribution in [0.3, 0.4) is 0 Å². The highest BCUT2D eigenvalue weighted by Gasteiger charge is 2.26. The van der Waals surface area contributed by atoms with Crippen LogP contribution in [0, 0.1) is 0 Å². The molecule has 0 spiro atoms. The van der Waals surface area contributed by atoms with Crippen LogP contribution in [0.25, 0.3) is 0 Å². The molecule has 0 bridgehead atoms. The summed E-state index contributed by atoms with van der Waals surface area (Å²) in [5.41, 5.74) is 0. The lowest BCUT2D eigenvalue weighted by atomic mass is 10.0. The Kier molecular flexibility index (Phi) is 4.62. The third-order valence-corrected chi connectivity index (χ3v) is 4.37.